The van der Waals surface area contributed by atoms with E-state index in [4.69, 9.17) is 0 Å². The summed E-state index contributed by atoms with van der Waals surface area (Å²) in [5, 5.41) is 10.2. The van der Waals surface area contributed by atoms with E-state index in [9.17, 15) is 9.90 Å². The molecule has 4 heteroatoms. The molecule has 0 amide bonds. The lowest BCUT2D eigenvalue weighted by Crippen LogP contribution is -2.54. The molecule has 0 spiro atoms. The molecule has 0 unspecified atom stereocenters. The summed E-state index contributed by atoms with van der Waals surface area (Å²) in [5.74, 6) is -0.799. The Morgan fingerprint density at radius 2 is 1.26 bits per heavy atom. The van der Waals surface area contributed by atoms with Crippen LogP contribution in [0.25, 0.3) is 0 Å². The molecule has 23 heavy (non-hydrogen) atoms. The highest BCUT2D eigenvalue weighted by molar-refractivity contribution is 5.86. The number of carboxylic acids is 1. The summed E-state index contributed by atoms with van der Waals surface area (Å²) in [6.07, 6.45) is 3.28. The largest absolute Gasteiger partial charge is 0.479 e. The SMILES string of the molecule is Cl.O=C(O)C(c1ccccc1)(c1ccccc1)N1CCCCC1. The predicted molar refractivity (Wildman–Crippen MR) is 94.0 cm³/mol. The zero-order valence-electron chi connectivity index (χ0n) is 13.0. The molecule has 1 heterocycles. The molecule has 1 saturated heterocycles. The van der Waals surface area contributed by atoms with E-state index in [1.54, 1.807) is 0 Å². The molecular weight excluding hydrogens is 310 g/mol. The molecule has 0 bridgehead atoms. The quantitative estimate of drug-likeness (QED) is 0.923. The van der Waals surface area contributed by atoms with Crippen LogP contribution in [0.15, 0.2) is 60.7 Å². The van der Waals surface area contributed by atoms with Crippen molar-refractivity contribution in [3.8, 4) is 0 Å². The van der Waals surface area contributed by atoms with Crippen LogP contribution < -0.4 is 0 Å². The van der Waals surface area contributed by atoms with Gasteiger partial charge in [-0.05, 0) is 37.1 Å². The molecule has 0 radical (unpaired) electrons. The lowest BCUT2D eigenvalue weighted by atomic mass is 9.80. The van der Waals surface area contributed by atoms with Gasteiger partial charge in [0.1, 0.15) is 0 Å². The van der Waals surface area contributed by atoms with Crippen molar-refractivity contribution in [1.29, 1.82) is 0 Å². The second-order valence-electron chi connectivity index (χ2n) is 5.80. The molecule has 1 aliphatic rings. The van der Waals surface area contributed by atoms with Crippen molar-refractivity contribution in [1.82, 2.24) is 4.90 Å². The van der Waals surface area contributed by atoms with Crippen LogP contribution in [0, 0.1) is 0 Å². The van der Waals surface area contributed by atoms with E-state index < -0.39 is 11.5 Å². The van der Waals surface area contributed by atoms with Gasteiger partial charge in [0.05, 0.1) is 0 Å². The molecule has 0 atom stereocenters. The summed E-state index contributed by atoms with van der Waals surface area (Å²) in [4.78, 5) is 14.6. The topological polar surface area (TPSA) is 40.5 Å². The number of carboxylic acid groups (broad SMARTS) is 1. The Hall–Kier alpha value is -1.84. The molecule has 122 valence electrons. The van der Waals surface area contributed by atoms with Crippen LogP contribution >= 0.6 is 12.4 Å². The Labute approximate surface area is 143 Å². The monoisotopic (exact) mass is 331 g/mol. The summed E-state index contributed by atoms with van der Waals surface area (Å²) in [6.45, 7) is 1.63. The Kier molecular flexibility index (Phi) is 5.80. The highest BCUT2D eigenvalue weighted by Gasteiger charge is 2.47. The minimum atomic E-state index is -1.09. The molecule has 0 aromatic heterocycles. The van der Waals surface area contributed by atoms with Crippen LogP contribution in [0.5, 0.6) is 0 Å². The fraction of sp³-hybridized carbons (Fsp3) is 0.316. The third kappa shape index (κ3) is 3.12. The fourth-order valence-corrected chi connectivity index (χ4v) is 3.50. The first-order valence-electron chi connectivity index (χ1n) is 7.86. The van der Waals surface area contributed by atoms with E-state index in [0.29, 0.717) is 0 Å². The number of nitrogens with zero attached hydrogens (tertiary/aromatic N) is 1. The third-order valence-corrected chi connectivity index (χ3v) is 4.52. The molecule has 1 N–H and O–H groups in total. The van der Waals surface area contributed by atoms with Crippen molar-refractivity contribution in [3.05, 3.63) is 71.8 Å². The molecule has 2 aromatic carbocycles. The summed E-state index contributed by atoms with van der Waals surface area (Å²) < 4.78 is 0. The lowest BCUT2D eigenvalue weighted by molar-refractivity contribution is -0.150. The molecule has 3 rings (SSSR count). The number of aliphatic carboxylic acids is 1. The van der Waals surface area contributed by atoms with Gasteiger partial charge in [-0.3, -0.25) is 4.90 Å². The molecule has 0 aliphatic carbocycles. The average Bonchev–Trinajstić information content (AvgIpc) is 2.58. The van der Waals surface area contributed by atoms with Crippen LogP contribution in [0.3, 0.4) is 0 Å². The van der Waals surface area contributed by atoms with Crippen LogP contribution in [0.1, 0.15) is 30.4 Å². The van der Waals surface area contributed by atoms with E-state index >= 15 is 0 Å². The number of likely N-dealkylation sites (tertiary alicyclic amines) is 1. The first-order valence-corrected chi connectivity index (χ1v) is 7.86. The van der Waals surface area contributed by atoms with E-state index in [1.807, 2.05) is 60.7 Å². The zero-order chi connectivity index (χ0) is 15.4. The predicted octanol–water partition coefficient (Wildman–Crippen LogP) is 3.92. The van der Waals surface area contributed by atoms with Gasteiger partial charge in [-0.15, -0.1) is 12.4 Å². The van der Waals surface area contributed by atoms with Gasteiger partial charge in [0.2, 0.25) is 0 Å². The van der Waals surface area contributed by atoms with Gasteiger partial charge >= 0.3 is 5.97 Å². The number of hydrogen-bond donors (Lipinski definition) is 1. The van der Waals surface area contributed by atoms with E-state index in [0.717, 1.165) is 37.1 Å². The van der Waals surface area contributed by atoms with E-state index in [2.05, 4.69) is 4.90 Å². The van der Waals surface area contributed by atoms with E-state index in [-0.39, 0.29) is 12.4 Å². The van der Waals surface area contributed by atoms with Crippen molar-refractivity contribution < 1.29 is 9.90 Å². The second-order valence-corrected chi connectivity index (χ2v) is 5.80. The summed E-state index contributed by atoms with van der Waals surface area (Å²) in [6, 6.07) is 19.2. The van der Waals surface area contributed by atoms with Crippen molar-refractivity contribution >= 4 is 18.4 Å². The smallest absolute Gasteiger partial charge is 0.333 e. The number of rotatable bonds is 4. The molecule has 3 nitrogen and oxygen atoms in total. The van der Waals surface area contributed by atoms with Gasteiger partial charge in [-0.2, -0.15) is 0 Å². The number of halogens is 1. The highest BCUT2D eigenvalue weighted by atomic mass is 35.5. The Morgan fingerprint density at radius 1 is 0.826 bits per heavy atom. The van der Waals surface area contributed by atoms with Gasteiger partial charge in [-0.1, -0.05) is 67.1 Å². The van der Waals surface area contributed by atoms with Gasteiger partial charge in [0, 0.05) is 0 Å². The van der Waals surface area contributed by atoms with Crippen molar-refractivity contribution in [3.63, 3.8) is 0 Å². The highest BCUT2D eigenvalue weighted by Crippen LogP contribution is 2.38. The molecular formula is C19H22ClNO2. The maximum Gasteiger partial charge on any atom is 0.333 e. The molecule has 1 fully saturated rings. The summed E-state index contributed by atoms with van der Waals surface area (Å²) in [7, 11) is 0. The van der Waals surface area contributed by atoms with Crippen molar-refractivity contribution in [2.75, 3.05) is 13.1 Å². The minimum absolute atomic E-state index is 0. The number of piperidine rings is 1. The van der Waals surface area contributed by atoms with Gasteiger partial charge < -0.3 is 5.11 Å². The Morgan fingerprint density at radius 3 is 1.65 bits per heavy atom. The summed E-state index contributed by atoms with van der Waals surface area (Å²) in [5.41, 5.74) is 0.564. The van der Waals surface area contributed by atoms with Gasteiger partial charge in [-0.25, -0.2) is 4.79 Å². The van der Waals surface area contributed by atoms with Crippen LogP contribution in [-0.2, 0) is 10.3 Å². The zero-order valence-corrected chi connectivity index (χ0v) is 13.8. The molecule has 0 saturated carbocycles. The van der Waals surface area contributed by atoms with Gasteiger partial charge in [0.25, 0.3) is 0 Å². The normalized spacial score (nSPS) is 15.7. The van der Waals surface area contributed by atoms with Crippen LogP contribution in [-0.4, -0.2) is 29.1 Å². The van der Waals surface area contributed by atoms with E-state index in [1.165, 1.54) is 6.42 Å². The fourth-order valence-electron chi connectivity index (χ4n) is 3.50. The van der Waals surface area contributed by atoms with Crippen LogP contribution in [0.2, 0.25) is 0 Å². The number of hydrogen-bond acceptors (Lipinski definition) is 2. The third-order valence-electron chi connectivity index (χ3n) is 4.52. The van der Waals surface area contributed by atoms with Gasteiger partial charge in [0.15, 0.2) is 5.54 Å². The Bertz CT molecular complexity index is 585. The maximum absolute atomic E-state index is 12.5. The van der Waals surface area contributed by atoms with Crippen molar-refractivity contribution in [2.45, 2.75) is 24.8 Å². The average molecular weight is 332 g/mol. The first kappa shape index (κ1) is 17.5. The summed E-state index contributed by atoms with van der Waals surface area (Å²) >= 11 is 0. The second kappa shape index (κ2) is 7.62. The van der Waals surface area contributed by atoms with Crippen LogP contribution in [0.4, 0.5) is 0 Å². The number of carbonyl (C=O) groups is 1. The molecule has 2 aromatic rings. The Balaban J connectivity index is 0.00000192. The standard InChI is InChI=1S/C19H21NO2.ClH/c21-18(22)19(16-10-4-1-5-11-16,17-12-6-2-7-13-17)20-14-8-3-9-15-20;/h1-2,4-7,10-13H,3,8-9,14-15H2,(H,21,22);1H. The van der Waals surface area contributed by atoms with Crippen molar-refractivity contribution in [2.24, 2.45) is 0 Å². The minimum Gasteiger partial charge on any atom is -0.479 e. The molecule has 1 aliphatic heterocycles. The maximum atomic E-state index is 12.5. The first-order chi connectivity index (χ1) is 10.8. The number of benzene rings is 2. The lowest BCUT2D eigenvalue weighted by Gasteiger charge is -2.43.